The van der Waals surface area contributed by atoms with Gasteiger partial charge in [-0.15, -0.1) is 0 Å². The summed E-state index contributed by atoms with van der Waals surface area (Å²) in [5, 5.41) is 3.33. The van der Waals surface area contributed by atoms with Crippen molar-refractivity contribution in [3.63, 3.8) is 0 Å². The first-order valence-electron chi connectivity index (χ1n) is 5.35. The molecule has 0 aliphatic rings. The molecule has 2 atom stereocenters. The summed E-state index contributed by atoms with van der Waals surface area (Å²) in [5.74, 6) is 0.783. The molecule has 0 heterocycles. The largest absolute Gasteiger partial charge is 0.380 e. The summed E-state index contributed by atoms with van der Waals surface area (Å²) in [6, 6.07) is 0.511. The van der Waals surface area contributed by atoms with Crippen molar-refractivity contribution in [3.05, 3.63) is 0 Å². The molecule has 2 unspecified atom stereocenters. The zero-order valence-electron chi connectivity index (χ0n) is 9.76. The van der Waals surface area contributed by atoms with E-state index in [0.29, 0.717) is 12.1 Å². The van der Waals surface area contributed by atoms with Crippen LogP contribution in [0, 0.1) is 5.92 Å². The standard InChI is InChI=1S/C11H25NO/c1-6-11(13-5)10(12-4)8-7-9(2)3/h9-12H,6-8H2,1-5H3. The first-order chi connectivity index (χ1) is 6.15. The monoisotopic (exact) mass is 187 g/mol. The zero-order valence-corrected chi connectivity index (χ0v) is 9.76. The molecule has 0 rings (SSSR count). The van der Waals surface area contributed by atoms with Crippen molar-refractivity contribution in [2.45, 2.75) is 52.2 Å². The van der Waals surface area contributed by atoms with Crippen LogP contribution in [0.15, 0.2) is 0 Å². The Kier molecular flexibility index (Phi) is 7.29. The summed E-state index contributed by atoms with van der Waals surface area (Å²) in [4.78, 5) is 0. The van der Waals surface area contributed by atoms with E-state index in [0.717, 1.165) is 12.3 Å². The molecule has 1 N–H and O–H groups in total. The highest BCUT2D eigenvalue weighted by molar-refractivity contribution is 4.74. The Morgan fingerprint density at radius 2 is 1.85 bits per heavy atom. The second-order valence-electron chi connectivity index (χ2n) is 4.05. The van der Waals surface area contributed by atoms with E-state index in [4.69, 9.17) is 4.74 Å². The lowest BCUT2D eigenvalue weighted by Crippen LogP contribution is -2.38. The Bertz CT molecular complexity index is 111. The third kappa shape index (κ3) is 5.27. The van der Waals surface area contributed by atoms with E-state index >= 15 is 0 Å². The van der Waals surface area contributed by atoms with Crippen LogP contribution in [0.5, 0.6) is 0 Å². The van der Waals surface area contributed by atoms with Crippen LogP contribution in [0.3, 0.4) is 0 Å². The molecule has 0 saturated heterocycles. The molecule has 0 aliphatic carbocycles. The quantitative estimate of drug-likeness (QED) is 0.661. The van der Waals surface area contributed by atoms with Gasteiger partial charge in [-0.05, 0) is 32.2 Å². The summed E-state index contributed by atoms with van der Waals surface area (Å²) in [6.07, 6.45) is 3.93. The van der Waals surface area contributed by atoms with Gasteiger partial charge in [0.1, 0.15) is 0 Å². The normalized spacial score (nSPS) is 16.2. The van der Waals surface area contributed by atoms with Gasteiger partial charge in [-0.2, -0.15) is 0 Å². The van der Waals surface area contributed by atoms with E-state index in [-0.39, 0.29) is 0 Å². The smallest absolute Gasteiger partial charge is 0.0721 e. The average molecular weight is 187 g/mol. The molecule has 80 valence electrons. The maximum Gasteiger partial charge on any atom is 0.0721 e. The highest BCUT2D eigenvalue weighted by Crippen LogP contribution is 2.12. The molecule has 2 nitrogen and oxygen atoms in total. The van der Waals surface area contributed by atoms with E-state index in [9.17, 15) is 0 Å². The highest BCUT2D eigenvalue weighted by atomic mass is 16.5. The third-order valence-corrected chi connectivity index (χ3v) is 2.58. The lowest BCUT2D eigenvalue weighted by Gasteiger charge is -2.25. The predicted octanol–water partition coefficient (Wildman–Crippen LogP) is 2.44. The van der Waals surface area contributed by atoms with Gasteiger partial charge < -0.3 is 10.1 Å². The van der Waals surface area contributed by atoms with Crippen LogP contribution in [0.25, 0.3) is 0 Å². The Balaban J connectivity index is 3.85. The van der Waals surface area contributed by atoms with E-state index in [1.54, 1.807) is 7.11 Å². The second-order valence-corrected chi connectivity index (χ2v) is 4.05. The second kappa shape index (κ2) is 7.34. The Morgan fingerprint density at radius 1 is 1.23 bits per heavy atom. The lowest BCUT2D eigenvalue weighted by atomic mass is 9.98. The van der Waals surface area contributed by atoms with Crippen LogP contribution in [-0.2, 0) is 4.74 Å². The van der Waals surface area contributed by atoms with Crippen molar-refractivity contribution < 1.29 is 4.74 Å². The number of ether oxygens (including phenoxy) is 1. The lowest BCUT2D eigenvalue weighted by molar-refractivity contribution is 0.0633. The average Bonchev–Trinajstić information content (AvgIpc) is 2.11. The van der Waals surface area contributed by atoms with Crippen LogP contribution in [-0.4, -0.2) is 26.3 Å². The molecule has 2 heteroatoms. The van der Waals surface area contributed by atoms with E-state index in [1.807, 2.05) is 7.05 Å². The molecular weight excluding hydrogens is 162 g/mol. The van der Waals surface area contributed by atoms with Crippen LogP contribution in [0.4, 0.5) is 0 Å². The van der Waals surface area contributed by atoms with Crippen LogP contribution < -0.4 is 5.32 Å². The van der Waals surface area contributed by atoms with Gasteiger partial charge in [-0.1, -0.05) is 20.8 Å². The van der Waals surface area contributed by atoms with Gasteiger partial charge in [-0.25, -0.2) is 0 Å². The fourth-order valence-electron chi connectivity index (χ4n) is 1.64. The molecule has 0 aromatic carbocycles. The maximum absolute atomic E-state index is 5.42. The minimum atomic E-state index is 0.365. The third-order valence-electron chi connectivity index (χ3n) is 2.58. The number of likely N-dealkylation sites (N-methyl/N-ethyl adjacent to an activating group) is 1. The Hall–Kier alpha value is -0.0800. The van der Waals surface area contributed by atoms with E-state index < -0.39 is 0 Å². The Morgan fingerprint density at radius 3 is 2.15 bits per heavy atom. The molecule has 13 heavy (non-hydrogen) atoms. The van der Waals surface area contributed by atoms with Gasteiger partial charge in [0, 0.05) is 13.2 Å². The first-order valence-corrected chi connectivity index (χ1v) is 5.35. The fraction of sp³-hybridized carbons (Fsp3) is 1.00. The topological polar surface area (TPSA) is 21.3 Å². The van der Waals surface area contributed by atoms with E-state index in [2.05, 4.69) is 26.1 Å². The van der Waals surface area contributed by atoms with Gasteiger partial charge in [0.05, 0.1) is 6.10 Å². The fourth-order valence-corrected chi connectivity index (χ4v) is 1.64. The molecule has 0 spiro atoms. The van der Waals surface area contributed by atoms with Gasteiger partial charge in [0.15, 0.2) is 0 Å². The van der Waals surface area contributed by atoms with Crippen molar-refractivity contribution >= 4 is 0 Å². The summed E-state index contributed by atoms with van der Waals surface area (Å²) >= 11 is 0. The number of rotatable bonds is 7. The molecule has 0 fully saturated rings. The molecule has 0 aliphatic heterocycles. The van der Waals surface area contributed by atoms with Crippen molar-refractivity contribution in [3.8, 4) is 0 Å². The van der Waals surface area contributed by atoms with Gasteiger partial charge in [0.25, 0.3) is 0 Å². The van der Waals surface area contributed by atoms with Gasteiger partial charge in [-0.3, -0.25) is 0 Å². The molecule has 0 radical (unpaired) electrons. The summed E-state index contributed by atoms with van der Waals surface area (Å²) in [6.45, 7) is 6.70. The number of hydrogen-bond donors (Lipinski definition) is 1. The van der Waals surface area contributed by atoms with Crippen molar-refractivity contribution in [2.75, 3.05) is 14.2 Å². The molecular formula is C11H25NO. The van der Waals surface area contributed by atoms with Crippen LogP contribution in [0.2, 0.25) is 0 Å². The molecule has 0 saturated carbocycles. The van der Waals surface area contributed by atoms with Crippen LogP contribution >= 0.6 is 0 Å². The highest BCUT2D eigenvalue weighted by Gasteiger charge is 2.17. The molecule has 0 amide bonds. The SMILES string of the molecule is CCC(OC)C(CCC(C)C)NC. The summed E-state index contributed by atoms with van der Waals surface area (Å²) < 4.78 is 5.42. The van der Waals surface area contributed by atoms with Crippen LogP contribution in [0.1, 0.15) is 40.0 Å². The predicted molar refractivity (Wildman–Crippen MR) is 58.0 cm³/mol. The maximum atomic E-state index is 5.42. The molecule has 0 bridgehead atoms. The van der Waals surface area contributed by atoms with Crippen molar-refractivity contribution in [2.24, 2.45) is 5.92 Å². The summed E-state index contributed by atoms with van der Waals surface area (Å²) in [5.41, 5.74) is 0. The van der Waals surface area contributed by atoms with Crippen molar-refractivity contribution in [1.82, 2.24) is 5.32 Å². The van der Waals surface area contributed by atoms with E-state index in [1.165, 1.54) is 12.8 Å². The summed E-state index contributed by atoms with van der Waals surface area (Å²) in [7, 11) is 3.82. The molecule has 0 aromatic heterocycles. The van der Waals surface area contributed by atoms with Gasteiger partial charge in [0.2, 0.25) is 0 Å². The van der Waals surface area contributed by atoms with Crippen molar-refractivity contribution in [1.29, 1.82) is 0 Å². The first kappa shape index (κ1) is 12.9. The number of methoxy groups -OCH3 is 1. The molecule has 0 aromatic rings. The minimum Gasteiger partial charge on any atom is -0.380 e. The van der Waals surface area contributed by atoms with Gasteiger partial charge >= 0.3 is 0 Å². The Labute approximate surface area is 83.1 Å². The number of nitrogens with one attached hydrogen (secondary N) is 1. The number of hydrogen-bond acceptors (Lipinski definition) is 2. The zero-order chi connectivity index (χ0) is 10.3. The minimum absolute atomic E-state index is 0.365.